The number of carbonyl (C=O) groups is 1. The van der Waals surface area contributed by atoms with Crippen LogP contribution in [0.25, 0.3) is 0 Å². The molecular weight excluding hydrogens is 282 g/mol. The van der Waals surface area contributed by atoms with Gasteiger partial charge >= 0.3 is 6.03 Å². The Bertz CT molecular complexity index is 445. The molecular formula is C16H27N3OS. The second-order valence-corrected chi connectivity index (χ2v) is 7.19. The van der Waals surface area contributed by atoms with Crippen molar-refractivity contribution in [2.24, 2.45) is 0 Å². The Morgan fingerprint density at radius 3 is 2.43 bits per heavy atom. The fraction of sp³-hybridized carbons (Fsp3) is 0.562. The summed E-state index contributed by atoms with van der Waals surface area (Å²) in [6.07, 6.45) is 2.05. The fourth-order valence-electron chi connectivity index (χ4n) is 1.82. The highest BCUT2D eigenvalue weighted by molar-refractivity contribution is 7.99. The van der Waals surface area contributed by atoms with Crippen LogP contribution in [-0.2, 0) is 0 Å². The van der Waals surface area contributed by atoms with Gasteiger partial charge < -0.3 is 16.0 Å². The summed E-state index contributed by atoms with van der Waals surface area (Å²) in [5.41, 5.74) is 2.02. The van der Waals surface area contributed by atoms with Gasteiger partial charge in [0.25, 0.3) is 0 Å². The van der Waals surface area contributed by atoms with Crippen molar-refractivity contribution in [3.8, 4) is 0 Å². The quantitative estimate of drug-likeness (QED) is 0.721. The average molecular weight is 309 g/mol. The van der Waals surface area contributed by atoms with Gasteiger partial charge in [0.05, 0.1) is 0 Å². The molecule has 0 radical (unpaired) electrons. The van der Waals surface area contributed by atoms with Gasteiger partial charge in [-0.25, -0.2) is 4.79 Å². The zero-order chi connectivity index (χ0) is 15.9. The number of rotatable bonds is 7. The smallest absolute Gasteiger partial charge is 0.319 e. The number of benzene rings is 1. The van der Waals surface area contributed by atoms with E-state index in [9.17, 15) is 4.79 Å². The van der Waals surface area contributed by atoms with Crippen molar-refractivity contribution in [2.75, 3.05) is 24.7 Å². The van der Waals surface area contributed by atoms with Crippen LogP contribution in [0, 0.1) is 0 Å². The standard InChI is InChI=1S/C16H27N3OS/c1-6-17-12(2)13-7-9-14(10-8-13)19-15(20)18-11-16(3,4)21-5/h7-10,12,17H,6,11H2,1-5H3,(H2,18,19,20). The van der Waals surface area contributed by atoms with E-state index < -0.39 is 0 Å². The molecule has 1 unspecified atom stereocenters. The molecule has 1 aromatic carbocycles. The molecule has 1 rings (SSSR count). The number of amides is 2. The molecule has 0 heterocycles. The van der Waals surface area contributed by atoms with E-state index in [0.717, 1.165) is 12.2 Å². The Hall–Kier alpha value is -1.20. The molecule has 0 saturated heterocycles. The van der Waals surface area contributed by atoms with E-state index in [1.54, 1.807) is 11.8 Å². The van der Waals surface area contributed by atoms with Gasteiger partial charge in [0.1, 0.15) is 0 Å². The maximum absolute atomic E-state index is 11.9. The molecule has 0 aliphatic rings. The van der Waals surface area contributed by atoms with E-state index >= 15 is 0 Å². The second-order valence-electron chi connectivity index (χ2n) is 5.67. The van der Waals surface area contributed by atoms with Gasteiger partial charge in [0.2, 0.25) is 0 Å². The van der Waals surface area contributed by atoms with E-state index in [-0.39, 0.29) is 10.8 Å². The average Bonchev–Trinajstić information content (AvgIpc) is 2.46. The van der Waals surface area contributed by atoms with E-state index in [1.165, 1.54) is 5.56 Å². The van der Waals surface area contributed by atoms with Gasteiger partial charge in [-0.05, 0) is 51.3 Å². The number of thioether (sulfide) groups is 1. The molecule has 0 spiro atoms. The Balaban J connectivity index is 2.50. The third-order valence-corrected chi connectivity index (χ3v) is 4.66. The lowest BCUT2D eigenvalue weighted by atomic mass is 10.1. The first kappa shape index (κ1) is 17.9. The summed E-state index contributed by atoms with van der Waals surface area (Å²) in [7, 11) is 0. The van der Waals surface area contributed by atoms with Gasteiger partial charge in [0.15, 0.2) is 0 Å². The van der Waals surface area contributed by atoms with E-state index in [2.05, 4.69) is 43.6 Å². The summed E-state index contributed by atoms with van der Waals surface area (Å²) >= 11 is 1.74. The summed E-state index contributed by atoms with van der Waals surface area (Å²) in [5.74, 6) is 0. The molecule has 2 amide bonds. The number of hydrogen-bond acceptors (Lipinski definition) is 3. The predicted octanol–water partition coefficient (Wildman–Crippen LogP) is 3.62. The van der Waals surface area contributed by atoms with Gasteiger partial charge in [-0.15, -0.1) is 0 Å². The van der Waals surface area contributed by atoms with Crippen LogP contribution in [0.5, 0.6) is 0 Å². The minimum Gasteiger partial charge on any atom is -0.336 e. The van der Waals surface area contributed by atoms with Crippen LogP contribution in [0.4, 0.5) is 10.5 Å². The van der Waals surface area contributed by atoms with Crippen LogP contribution in [0.3, 0.4) is 0 Å². The number of anilines is 1. The monoisotopic (exact) mass is 309 g/mol. The summed E-state index contributed by atoms with van der Waals surface area (Å²) in [6.45, 7) is 10.0. The summed E-state index contributed by atoms with van der Waals surface area (Å²) in [4.78, 5) is 11.9. The minimum absolute atomic E-state index is 0.0441. The molecule has 1 aromatic rings. The maximum Gasteiger partial charge on any atom is 0.319 e. The molecule has 118 valence electrons. The Morgan fingerprint density at radius 1 is 1.29 bits per heavy atom. The first-order valence-electron chi connectivity index (χ1n) is 7.31. The molecule has 5 heteroatoms. The number of nitrogens with one attached hydrogen (secondary N) is 3. The highest BCUT2D eigenvalue weighted by Crippen LogP contribution is 2.19. The van der Waals surface area contributed by atoms with Crippen molar-refractivity contribution in [1.29, 1.82) is 0 Å². The molecule has 0 aliphatic heterocycles. The highest BCUT2D eigenvalue weighted by Gasteiger charge is 2.16. The lowest BCUT2D eigenvalue weighted by molar-refractivity contribution is 0.251. The number of hydrogen-bond donors (Lipinski definition) is 3. The zero-order valence-corrected chi connectivity index (χ0v) is 14.4. The normalized spacial score (nSPS) is 12.8. The fourth-order valence-corrected chi connectivity index (χ4v) is 2.04. The van der Waals surface area contributed by atoms with Gasteiger partial charge in [0, 0.05) is 23.0 Å². The van der Waals surface area contributed by atoms with Crippen molar-refractivity contribution in [3.05, 3.63) is 29.8 Å². The van der Waals surface area contributed by atoms with Crippen molar-refractivity contribution in [3.63, 3.8) is 0 Å². The number of urea groups is 1. The third-order valence-electron chi connectivity index (χ3n) is 3.41. The Morgan fingerprint density at radius 2 is 1.90 bits per heavy atom. The van der Waals surface area contributed by atoms with Gasteiger partial charge in [-0.3, -0.25) is 0 Å². The highest BCUT2D eigenvalue weighted by atomic mass is 32.2. The molecule has 0 fully saturated rings. The Kier molecular flexibility index (Phi) is 7.05. The van der Waals surface area contributed by atoms with Gasteiger partial charge in [-0.1, -0.05) is 19.1 Å². The summed E-state index contributed by atoms with van der Waals surface area (Å²) in [6, 6.07) is 8.10. The van der Waals surface area contributed by atoms with E-state index in [0.29, 0.717) is 12.6 Å². The lowest BCUT2D eigenvalue weighted by Crippen LogP contribution is -2.38. The van der Waals surface area contributed by atoms with Crippen LogP contribution in [0.2, 0.25) is 0 Å². The van der Waals surface area contributed by atoms with E-state index in [4.69, 9.17) is 0 Å². The maximum atomic E-state index is 11.9. The predicted molar refractivity (Wildman–Crippen MR) is 93.1 cm³/mol. The van der Waals surface area contributed by atoms with Crippen molar-refractivity contribution in [2.45, 2.75) is 38.5 Å². The molecule has 0 bridgehead atoms. The topological polar surface area (TPSA) is 53.2 Å². The van der Waals surface area contributed by atoms with Crippen LogP contribution in [0.1, 0.15) is 39.3 Å². The second kappa shape index (κ2) is 8.29. The first-order valence-corrected chi connectivity index (χ1v) is 8.54. The molecule has 21 heavy (non-hydrogen) atoms. The summed E-state index contributed by atoms with van der Waals surface area (Å²) < 4.78 is 0.0441. The van der Waals surface area contributed by atoms with E-state index in [1.807, 2.05) is 30.5 Å². The molecule has 1 atom stereocenters. The largest absolute Gasteiger partial charge is 0.336 e. The van der Waals surface area contributed by atoms with Crippen LogP contribution in [-0.4, -0.2) is 30.1 Å². The molecule has 0 aromatic heterocycles. The van der Waals surface area contributed by atoms with Crippen LogP contribution < -0.4 is 16.0 Å². The van der Waals surface area contributed by atoms with Crippen LogP contribution in [0.15, 0.2) is 24.3 Å². The molecule has 4 nitrogen and oxygen atoms in total. The van der Waals surface area contributed by atoms with Crippen molar-refractivity contribution >= 4 is 23.5 Å². The molecule has 0 aliphatic carbocycles. The van der Waals surface area contributed by atoms with Crippen LogP contribution >= 0.6 is 11.8 Å². The molecule has 0 saturated carbocycles. The number of carbonyl (C=O) groups excluding carboxylic acids is 1. The zero-order valence-electron chi connectivity index (χ0n) is 13.6. The minimum atomic E-state index is -0.162. The first-order chi connectivity index (χ1) is 9.88. The molecule has 3 N–H and O–H groups in total. The third kappa shape index (κ3) is 6.40. The van der Waals surface area contributed by atoms with Gasteiger partial charge in [-0.2, -0.15) is 11.8 Å². The SMILES string of the molecule is CCNC(C)c1ccc(NC(=O)NCC(C)(C)SC)cc1. The van der Waals surface area contributed by atoms with Crippen molar-refractivity contribution in [1.82, 2.24) is 10.6 Å². The van der Waals surface area contributed by atoms with Crippen molar-refractivity contribution < 1.29 is 4.79 Å². The lowest BCUT2D eigenvalue weighted by Gasteiger charge is -2.22. The summed E-state index contributed by atoms with van der Waals surface area (Å²) in [5, 5.41) is 9.12. The Labute approximate surface area is 132 Å².